The minimum absolute atomic E-state index is 0.113. The summed E-state index contributed by atoms with van der Waals surface area (Å²) in [5.41, 5.74) is 8.87. The molecule has 1 aromatic heterocycles. The molecule has 0 spiro atoms. The Morgan fingerprint density at radius 1 is 1.19 bits per heavy atom. The first kappa shape index (κ1) is 17.7. The number of nitrogens with zero attached hydrogens (tertiary/aromatic N) is 5. The molecular formula is C19H22N6O. The number of fused-ring (bicyclic) bond motifs is 1. The van der Waals surface area contributed by atoms with Crippen LogP contribution >= 0.6 is 0 Å². The van der Waals surface area contributed by atoms with E-state index >= 15 is 0 Å². The molecule has 1 aliphatic rings. The van der Waals surface area contributed by atoms with Gasteiger partial charge in [0.1, 0.15) is 11.7 Å². The number of benzene rings is 1. The quantitative estimate of drug-likeness (QED) is 0.631. The van der Waals surface area contributed by atoms with Crippen molar-refractivity contribution < 1.29 is 4.79 Å². The fraction of sp³-hybridized carbons (Fsp3) is 0.316. The number of amides is 1. The second-order valence-corrected chi connectivity index (χ2v) is 6.76. The molecule has 0 saturated heterocycles. The van der Waals surface area contributed by atoms with Gasteiger partial charge in [-0.05, 0) is 44.9 Å². The lowest BCUT2D eigenvalue weighted by atomic mass is 9.85. The lowest BCUT2D eigenvalue weighted by Crippen LogP contribution is -2.44. The molecule has 0 saturated carbocycles. The Labute approximate surface area is 152 Å². The van der Waals surface area contributed by atoms with E-state index in [4.69, 9.17) is 5.73 Å². The molecule has 26 heavy (non-hydrogen) atoms. The van der Waals surface area contributed by atoms with Crippen molar-refractivity contribution in [2.24, 2.45) is 15.7 Å². The SMILES string of the molecule is CN=C(C)N=C(N)N1C(=O)C(C)(C)c2ccc(-c3cnc(C)nc3)cc21. The maximum Gasteiger partial charge on any atom is 0.244 e. The zero-order valence-corrected chi connectivity index (χ0v) is 15.6. The van der Waals surface area contributed by atoms with Crippen molar-refractivity contribution in [3.8, 4) is 11.1 Å². The monoisotopic (exact) mass is 350 g/mol. The summed E-state index contributed by atoms with van der Waals surface area (Å²) in [5, 5.41) is 0. The number of hydrogen-bond donors (Lipinski definition) is 1. The summed E-state index contributed by atoms with van der Waals surface area (Å²) < 4.78 is 0. The number of carbonyl (C=O) groups excluding carboxylic acids is 1. The molecule has 0 aliphatic carbocycles. The Hall–Kier alpha value is -3.09. The van der Waals surface area contributed by atoms with Crippen LogP contribution < -0.4 is 10.6 Å². The number of anilines is 1. The second kappa shape index (κ2) is 6.33. The van der Waals surface area contributed by atoms with Crippen LogP contribution in [0.1, 0.15) is 32.2 Å². The van der Waals surface area contributed by atoms with Crippen molar-refractivity contribution in [1.29, 1.82) is 0 Å². The van der Waals surface area contributed by atoms with Crippen molar-refractivity contribution in [3.05, 3.63) is 42.0 Å². The third-order valence-electron chi connectivity index (χ3n) is 4.59. The zero-order valence-electron chi connectivity index (χ0n) is 15.6. The zero-order chi connectivity index (χ0) is 19.1. The van der Waals surface area contributed by atoms with E-state index in [1.807, 2.05) is 39.0 Å². The fourth-order valence-corrected chi connectivity index (χ4v) is 2.96. The number of aryl methyl sites for hydroxylation is 1. The van der Waals surface area contributed by atoms with Crippen LogP contribution in [-0.4, -0.2) is 34.7 Å². The van der Waals surface area contributed by atoms with Crippen LogP contribution in [0.2, 0.25) is 0 Å². The van der Waals surface area contributed by atoms with Crippen LogP contribution in [0.4, 0.5) is 5.69 Å². The largest absolute Gasteiger partial charge is 0.369 e. The van der Waals surface area contributed by atoms with E-state index in [9.17, 15) is 4.79 Å². The van der Waals surface area contributed by atoms with Crippen LogP contribution in [0.15, 0.2) is 40.6 Å². The molecule has 1 amide bonds. The average Bonchev–Trinajstić information content (AvgIpc) is 2.81. The minimum atomic E-state index is -0.685. The van der Waals surface area contributed by atoms with Crippen LogP contribution in [0.25, 0.3) is 11.1 Å². The summed E-state index contributed by atoms with van der Waals surface area (Å²) in [4.78, 5) is 31.1. The molecule has 2 heterocycles. The first-order valence-electron chi connectivity index (χ1n) is 8.31. The topological polar surface area (TPSA) is 96.8 Å². The van der Waals surface area contributed by atoms with Crippen molar-refractivity contribution in [2.75, 3.05) is 11.9 Å². The van der Waals surface area contributed by atoms with E-state index in [0.29, 0.717) is 11.7 Å². The number of amidine groups is 1. The van der Waals surface area contributed by atoms with E-state index in [2.05, 4.69) is 20.0 Å². The molecule has 134 valence electrons. The number of rotatable bonds is 1. The Morgan fingerprint density at radius 2 is 1.85 bits per heavy atom. The summed E-state index contributed by atoms with van der Waals surface area (Å²) in [6.07, 6.45) is 3.53. The van der Waals surface area contributed by atoms with Crippen LogP contribution in [0.5, 0.6) is 0 Å². The van der Waals surface area contributed by atoms with Gasteiger partial charge >= 0.3 is 0 Å². The van der Waals surface area contributed by atoms with Gasteiger partial charge in [0.2, 0.25) is 11.9 Å². The smallest absolute Gasteiger partial charge is 0.244 e. The predicted molar refractivity (Wildman–Crippen MR) is 103 cm³/mol. The average molecular weight is 350 g/mol. The lowest BCUT2D eigenvalue weighted by molar-refractivity contribution is -0.121. The molecule has 0 bridgehead atoms. The van der Waals surface area contributed by atoms with Crippen LogP contribution in [0, 0.1) is 6.92 Å². The van der Waals surface area contributed by atoms with Crippen molar-refractivity contribution in [1.82, 2.24) is 9.97 Å². The third-order valence-corrected chi connectivity index (χ3v) is 4.59. The summed E-state index contributed by atoms with van der Waals surface area (Å²) in [6.45, 7) is 7.34. The predicted octanol–water partition coefficient (Wildman–Crippen LogP) is 2.44. The molecular weight excluding hydrogens is 328 g/mol. The van der Waals surface area contributed by atoms with Gasteiger partial charge in [-0.1, -0.05) is 12.1 Å². The Kier molecular flexibility index (Phi) is 4.31. The van der Waals surface area contributed by atoms with Gasteiger partial charge in [0.05, 0.1) is 11.1 Å². The number of aromatic nitrogens is 2. The number of carbonyl (C=O) groups is 1. The molecule has 7 nitrogen and oxygen atoms in total. The number of aliphatic imine (C=N–C) groups is 2. The molecule has 0 atom stereocenters. The first-order chi connectivity index (χ1) is 12.3. The van der Waals surface area contributed by atoms with Crippen LogP contribution in [0.3, 0.4) is 0 Å². The molecule has 0 fully saturated rings. The van der Waals surface area contributed by atoms with E-state index < -0.39 is 5.41 Å². The lowest BCUT2D eigenvalue weighted by Gasteiger charge is -2.19. The summed E-state index contributed by atoms with van der Waals surface area (Å²) in [6, 6.07) is 5.85. The third kappa shape index (κ3) is 2.85. The van der Waals surface area contributed by atoms with E-state index in [1.54, 1.807) is 26.4 Å². The standard InChI is InChI=1S/C19H22N6O/c1-11(21-5)24-18(20)25-16-8-13(14-9-22-12(2)23-10-14)6-7-15(16)19(3,4)17(25)26/h6-10H,1-5H3,(H2,20,21,24). The van der Waals surface area contributed by atoms with Crippen molar-refractivity contribution in [2.45, 2.75) is 33.1 Å². The van der Waals surface area contributed by atoms with Gasteiger partial charge in [0, 0.05) is 25.0 Å². The van der Waals surface area contributed by atoms with Crippen molar-refractivity contribution in [3.63, 3.8) is 0 Å². The molecule has 0 unspecified atom stereocenters. The van der Waals surface area contributed by atoms with Gasteiger partial charge in [-0.25, -0.2) is 19.9 Å². The maximum absolute atomic E-state index is 13.0. The minimum Gasteiger partial charge on any atom is -0.369 e. The highest BCUT2D eigenvalue weighted by Crippen LogP contribution is 2.43. The fourth-order valence-electron chi connectivity index (χ4n) is 2.96. The van der Waals surface area contributed by atoms with Gasteiger partial charge in [0.15, 0.2) is 0 Å². The number of guanidine groups is 1. The highest BCUT2D eigenvalue weighted by molar-refractivity contribution is 6.24. The van der Waals surface area contributed by atoms with Gasteiger partial charge in [-0.15, -0.1) is 0 Å². The molecule has 1 aromatic carbocycles. The Balaban J connectivity index is 2.14. The number of hydrogen-bond acceptors (Lipinski definition) is 4. The molecule has 0 radical (unpaired) electrons. The maximum atomic E-state index is 13.0. The van der Waals surface area contributed by atoms with Gasteiger partial charge in [-0.2, -0.15) is 0 Å². The second-order valence-electron chi connectivity index (χ2n) is 6.76. The molecule has 7 heteroatoms. The highest BCUT2D eigenvalue weighted by atomic mass is 16.2. The van der Waals surface area contributed by atoms with Gasteiger partial charge in [0.25, 0.3) is 0 Å². The van der Waals surface area contributed by atoms with E-state index in [0.717, 1.165) is 22.4 Å². The molecule has 2 aromatic rings. The van der Waals surface area contributed by atoms with Crippen LogP contribution in [-0.2, 0) is 10.2 Å². The molecule has 1 aliphatic heterocycles. The number of nitrogens with two attached hydrogens (primary N) is 1. The van der Waals surface area contributed by atoms with Gasteiger partial charge in [-0.3, -0.25) is 9.79 Å². The van der Waals surface area contributed by atoms with Crippen molar-refractivity contribution >= 4 is 23.4 Å². The first-order valence-corrected chi connectivity index (χ1v) is 8.31. The highest BCUT2D eigenvalue weighted by Gasteiger charge is 2.45. The van der Waals surface area contributed by atoms with Gasteiger partial charge < -0.3 is 5.73 Å². The molecule has 3 rings (SSSR count). The summed E-state index contributed by atoms with van der Waals surface area (Å²) in [7, 11) is 1.63. The summed E-state index contributed by atoms with van der Waals surface area (Å²) in [5.74, 6) is 1.21. The normalized spacial score (nSPS) is 16.8. The van der Waals surface area contributed by atoms with E-state index in [1.165, 1.54) is 4.90 Å². The van der Waals surface area contributed by atoms with E-state index in [-0.39, 0.29) is 11.9 Å². The molecule has 2 N–H and O–H groups in total. The summed E-state index contributed by atoms with van der Waals surface area (Å²) >= 11 is 0. The Bertz CT molecular complexity index is 928. The Morgan fingerprint density at radius 3 is 2.46 bits per heavy atom.